The van der Waals surface area contributed by atoms with Crippen molar-refractivity contribution in [2.75, 3.05) is 18.0 Å². The van der Waals surface area contributed by atoms with Crippen molar-refractivity contribution >= 4 is 27.5 Å². The van der Waals surface area contributed by atoms with Gasteiger partial charge in [0.25, 0.3) is 10.0 Å². The number of anilines is 1. The van der Waals surface area contributed by atoms with E-state index in [0.717, 1.165) is 21.9 Å². The molecule has 9 heteroatoms. The number of sulfonamides is 1. The van der Waals surface area contributed by atoms with E-state index in [4.69, 9.17) is 4.74 Å². The van der Waals surface area contributed by atoms with Gasteiger partial charge in [0.15, 0.2) is 0 Å². The lowest BCUT2D eigenvalue weighted by Gasteiger charge is -2.34. The summed E-state index contributed by atoms with van der Waals surface area (Å²) in [5, 5.41) is 3.05. The molecule has 0 saturated carbocycles. The lowest BCUT2D eigenvalue weighted by molar-refractivity contribution is -0.140. The number of amides is 2. The van der Waals surface area contributed by atoms with E-state index in [2.05, 4.69) is 5.32 Å². The molecule has 0 spiro atoms. The van der Waals surface area contributed by atoms with Gasteiger partial charge in [-0.25, -0.2) is 8.42 Å². The van der Waals surface area contributed by atoms with Gasteiger partial charge in [-0.15, -0.1) is 0 Å². The van der Waals surface area contributed by atoms with Crippen molar-refractivity contribution in [3.05, 3.63) is 126 Å². The van der Waals surface area contributed by atoms with Crippen molar-refractivity contribution in [3.8, 4) is 5.75 Å². The first kappa shape index (κ1) is 32.3. The van der Waals surface area contributed by atoms with Gasteiger partial charge in [0.1, 0.15) is 18.3 Å². The molecular weight excluding hydrogens is 574 g/mol. The average molecular weight is 614 g/mol. The number of methoxy groups -OCH3 is 1. The van der Waals surface area contributed by atoms with Crippen LogP contribution in [0.5, 0.6) is 5.75 Å². The smallest absolute Gasteiger partial charge is 0.264 e. The molecule has 0 bridgehead atoms. The highest BCUT2D eigenvalue weighted by Crippen LogP contribution is 2.26. The van der Waals surface area contributed by atoms with E-state index >= 15 is 0 Å². The van der Waals surface area contributed by atoms with Gasteiger partial charge in [0.05, 0.1) is 17.7 Å². The minimum Gasteiger partial charge on any atom is -0.497 e. The zero-order chi connectivity index (χ0) is 31.5. The number of para-hydroxylation sites is 1. The molecule has 0 aliphatic rings. The second kappa shape index (κ2) is 15.2. The lowest BCUT2D eigenvalue weighted by atomic mass is 10.0. The van der Waals surface area contributed by atoms with Gasteiger partial charge in [-0.1, -0.05) is 85.8 Å². The topological polar surface area (TPSA) is 96.0 Å². The van der Waals surface area contributed by atoms with Crippen LogP contribution in [0.2, 0.25) is 0 Å². The number of rotatable bonds is 14. The van der Waals surface area contributed by atoms with Crippen molar-refractivity contribution in [2.24, 2.45) is 0 Å². The molecule has 8 nitrogen and oxygen atoms in total. The summed E-state index contributed by atoms with van der Waals surface area (Å²) in [7, 11) is -2.68. The van der Waals surface area contributed by atoms with E-state index in [1.807, 2.05) is 74.5 Å². The Bertz CT molecular complexity index is 1600. The Morgan fingerprint density at radius 3 is 1.89 bits per heavy atom. The predicted molar refractivity (Wildman–Crippen MR) is 173 cm³/mol. The van der Waals surface area contributed by atoms with Gasteiger partial charge in [-0.2, -0.15) is 0 Å². The summed E-state index contributed by atoms with van der Waals surface area (Å²) in [5.74, 6) is -0.289. The molecule has 0 aliphatic heterocycles. The van der Waals surface area contributed by atoms with Crippen LogP contribution in [-0.4, -0.2) is 50.9 Å². The maximum atomic E-state index is 14.4. The Hall–Kier alpha value is -4.63. The van der Waals surface area contributed by atoms with Crippen molar-refractivity contribution in [1.29, 1.82) is 0 Å². The molecule has 44 heavy (non-hydrogen) atoms. The highest BCUT2D eigenvalue weighted by molar-refractivity contribution is 7.92. The van der Waals surface area contributed by atoms with E-state index < -0.39 is 28.5 Å². The molecule has 2 atom stereocenters. The molecule has 4 aromatic carbocycles. The molecular formula is C35H39N3O5S. The predicted octanol–water partition coefficient (Wildman–Crippen LogP) is 5.45. The van der Waals surface area contributed by atoms with Gasteiger partial charge in [0, 0.05) is 19.0 Å². The average Bonchev–Trinajstić information content (AvgIpc) is 3.06. The largest absolute Gasteiger partial charge is 0.497 e. The number of nitrogens with one attached hydrogen (secondary N) is 1. The van der Waals surface area contributed by atoms with E-state index in [1.54, 1.807) is 42.5 Å². The Balaban J connectivity index is 1.77. The van der Waals surface area contributed by atoms with Crippen LogP contribution in [0.3, 0.4) is 0 Å². The quantitative estimate of drug-likeness (QED) is 0.204. The third-order valence-electron chi connectivity index (χ3n) is 7.44. The van der Waals surface area contributed by atoms with E-state index in [0.29, 0.717) is 11.4 Å². The first-order chi connectivity index (χ1) is 21.2. The Labute approximate surface area is 260 Å². The first-order valence-electron chi connectivity index (χ1n) is 14.6. The monoisotopic (exact) mass is 613 g/mol. The van der Waals surface area contributed by atoms with Crippen LogP contribution >= 0.6 is 0 Å². The molecule has 0 fully saturated rings. The van der Waals surface area contributed by atoms with Gasteiger partial charge >= 0.3 is 0 Å². The van der Waals surface area contributed by atoms with Crippen LogP contribution in [0.25, 0.3) is 0 Å². The minimum atomic E-state index is -4.18. The fraction of sp³-hybridized carbons (Fsp3) is 0.257. The van der Waals surface area contributed by atoms with Gasteiger partial charge < -0.3 is 15.0 Å². The zero-order valence-corrected chi connectivity index (χ0v) is 26.1. The van der Waals surface area contributed by atoms with Gasteiger partial charge in [0.2, 0.25) is 11.8 Å². The van der Waals surface area contributed by atoms with E-state index in [9.17, 15) is 18.0 Å². The second-order valence-corrected chi connectivity index (χ2v) is 12.4. The molecule has 0 aliphatic carbocycles. The molecule has 0 heterocycles. The molecule has 1 N–H and O–H groups in total. The van der Waals surface area contributed by atoms with Crippen LogP contribution in [0.1, 0.15) is 31.4 Å². The first-order valence-corrected chi connectivity index (χ1v) is 16.1. The summed E-state index contributed by atoms with van der Waals surface area (Å²) in [4.78, 5) is 29.8. The number of carbonyl (C=O) groups is 2. The highest BCUT2D eigenvalue weighted by atomic mass is 32.2. The van der Waals surface area contributed by atoms with Crippen LogP contribution in [0.4, 0.5) is 5.69 Å². The van der Waals surface area contributed by atoms with Crippen molar-refractivity contribution in [2.45, 2.75) is 50.2 Å². The van der Waals surface area contributed by atoms with Crippen molar-refractivity contribution in [1.82, 2.24) is 10.2 Å². The third-order valence-corrected chi connectivity index (χ3v) is 9.23. The Morgan fingerprint density at radius 2 is 1.34 bits per heavy atom. The third kappa shape index (κ3) is 8.26. The minimum absolute atomic E-state index is 0.0138. The molecule has 0 radical (unpaired) electrons. The number of benzene rings is 4. The maximum Gasteiger partial charge on any atom is 0.264 e. The summed E-state index contributed by atoms with van der Waals surface area (Å²) in [6.07, 6.45) is 0.983. The summed E-state index contributed by atoms with van der Waals surface area (Å²) >= 11 is 0. The SMILES string of the molecule is CC[C@H](C)NC(=O)[C@H](Cc1ccccc1)N(Cc1ccccc1)C(=O)CN(c1ccccc1)S(=O)(=O)c1ccc(OC)cc1. The standard InChI is InChI=1S/C35H39N3O5S/c1-4-27(2)36-35(40)33(24-28-14-8-5-9-15-28)37(25-29-16-10-6-11-17-29)34(39)26-38(30-18-12-7-13-19-30)44(41,42)32-22-20-31(43-3)21-23-32/h5-23,27,33H,4,24-26H2,1-3H3,(H,36,40)/t27-,33-/m0/s1. The molecule has 0 aromatic heterocycles. The summed E-state index contributed by atoms with van der Waals surface area (Å²) < 4.78 is 34.4. The lowest BCUT2D eigenvalue weighted by Crippen LogP contribution is -2.54. The fourth-order valence-electron chi connectivity index (χ4n) is 4.77. The summed E-state index contributed by atoms with van der Waals surface area (Å²) in [6.45, 7) is 3.51. The molecule has 4 aromatic rings. The van der Waals surface area contributed by atoms with Crippen LogP contribution in [-0.2, 0) is 32.6 Å². The van der Waals surface area contributed by atoms with Crippen LogP contribution in [0.15, 0.2) is 120 Å². The molecule has 230 valence electrons. The number of ether oxygens (including phenoxy) is 1. The highest BCUT2D eigenvalue weighted by Gasteiger charge is 2.35. The van der Waals surface area contributed by atoms with Gasteiger partial charge in [-0.05, 0) is 60.9 Å². The zero-order valence-electron chi connectivity index (χ0n) is 25.3. The second-order valence-electron chi connectivity index (χ2n) is 10.6. The van der Waals surface area contributed by atoms with Crippen molar-refractivity contribution < 1.29 is 22.7 Å². The summed E-state index contributed by atoms with van der Waals surface area (Å²) in [6, 6.07) is 32.4. The molecule has 4 rings (SSSR count). The van der Waals surface area contributed by atoms with E-state index in [1.165, 1.54) is 24.1 Å². The van der Waals surface area contributed by atoms with E-state index in [-0.39, 0.29) is 29.8 Å². The molecule has 0 saturated heterocycles. The number of carbonyl (C=O) groups excluding carboxylic acids is 2. The number of nitrogens with zero attached hydrogens (tertiary/aromatic N) is 2. The normalized spacial score (nSPS) is 12.5. The Morgan fingerprint density at radius 1 is 0.795 bits per heavy atom. The number of hydrogen-bond donors (Lipinski definition) is 1. The molecule has 2 amide bonds. The van der Waals surface area contributed by atoms with Crippen LogP contribution < -0.4 is 14.4 Å². The maximum absolute atomic E-state index is 14.4. The van der Waals surface area contributed by atoms with Crippen molar-refractivity contribution in [3.63, 3.8) is 0 Å². The van der Waals surface area contributed by atoms with Gasteiger partial charge in [-0.3, -0.25) is 13.9 Å². The summed E-state index contributed by atoms with van der Waals surface area (Å²) in [5.41, 5.74) is 2.04. The molecule has 0 unspecified atom stereocenters. The fourth-order valence-corrected chi connectivity index (χ4v) is 6.19. The number of hydrogen-bond acceptors (Lipinski definition) is 5. The Kier molecular flexibility index (Phi) is 11.2. The van der Waals surface area contributed by atoms with Crippen LogP contribution in [0, 0.1) is 0 Å².